The fourth-order valence-corrected chi connectivity index (χ4v) is 2.29. The third kappa shape index (κ3) is 2.98. The van der Waals surface area contributed by atoms with Crippen molar-refractivity contribution in [3.8, 4) is 11.3 Å². The fourth-order valence-electron chi connectivity index (χ4n) is 2.29. The van der Waals surface area contributed by atoms with Gasteiger partial charge in [-0.1, -0.05) is 12.1 Å². The maximum atomic E-state index is 11.9. The summed E-state index contributed by atoms with van der Waals surface area (Å²) in [5, 5.41) is 10.1. The van der Waals surface area contributed by atoms with E-state index in [0.29, 0.717) is 22.8 Å². The molecule has 1 amide bonds. The summed E-state index contributed by atoms with van der Waals surface area (Å²) in [5.41, 5.74) is 15.0. The van der Waals surface area contributed by atoms with Crippen molar-refractivity contribution in [2.75, 3.05) is 11.1 Å². The molecular weight excluding hydrogens is 292 g/mol. The van der Waals surface area contributed by atoms with Crippen molar-refractivity contribution >= 4 is 23.1 Å². The van der Waals surface area contributed by atoms with Crippen LogP contribution in [0.15, 0.2) is 42.6 Å². The Labute approximate surface area is 132 Å². The van der Waals surface area contributed by atoms with E-state index in [9.17, 15) is 4.79 Å². The van der Waals surface area contributed by atoms with Crippen LogP contribution in [-0.2, 0) is 0 Å². The summed E-state index contributed by atoms with van der Waals surface area (Å²) < 4.78 is 0. The van der Waals surface area contributed by atoms with Gasteiger partial charge in [-0.15, -0.1) is 0 Å². The minimum Gasteiger partial charge on any atom is -0.399 e. The molecule has 23 heavy (non-hydrogen) atoms. The van der Waals surface area contributed by atoms with Crippen molar-refractivity contribution in [1.29, 1.82) is 0 Å². The first kappa shape index (κ1) is 14.6. The predicted octanol–water partition coefficient (Wildman–Crippen LogP) is 2.20. The average molecular weight is 308 g/mol. The Balaban J connectivity index is 2.02. The van der Waals surface area contributed by atoms with Crippen LogP contribution in [0.25, 0.3) is 11.3 Å². The molecule has 3 aromatic rings. The number of aromatic nitrogens is 3. The molecule has 6 N–H and O–H groups in total. The molecule has 0 spiro atoms. The molecule has 116 valence electrons. The van der Waals surface area contributed by atoms with E-state index < -0.39 is 5.91 Å². The lowest BCUT2D eigenvalue weighted by Crippen LogP contribution is -2.13. The van der Waals surface area contributed by atoms with Crippen LogP contribution in [0.4, 0.5) is 17.2 Å². The second kappa shape index (κ2) is 5.80. The van der Waals surface area contributed by atoms with Crippen LogP contribution in [0.5, 0.6) is 0 Å². The van der Waals surface area contributed by atoms with Crippen molar-refractivity contribution in [3.05, 3.63) is 53.9 Å². The molecule has 0 atom stereocenters. The van der Waals surface area contributed by atoms with E-state index in [1.54, 1.807) is 36.5 Å². The Kier molecular flexibility index (Phi) is 3.68. The zero-order valence-electron chi connectivity index (χ0n) is 12.5. The molecule has 1 aromatic carbocycles. The van der Waals surface area contributed by atoms with E-state index in [1.165, 1.54) is 0 Å². The number of primary amides is 1. The molecule has 0 unspecified atom stereocenters. The minimum atomic E-state index is -0.571. The number of rotatable bonds is 4. The molecule has 0 radical (unpaired) electrons. The Morgan fingerprint density at radius 2 is 1.96 bits per heavy atom. The van der Waals surface area contributed by atoms with E-state index >= 15 is 0 Å². The number of nitrogens with zero attached hydrogens (tertiary/aromatic N) is 2. The first-order chi connectivity index (χ1) is 11.0. The van der Waals surface area contributed by atoms with Gasteiger partial charge in [0.15, 0.2) is 0 Å². The van der Waals surface area contributed by atoms with Crippen LogP contribution in [0.1, 0.15) is 16.1 Å². The molecule has 0 saturated carbocycles. The topological polar surface area (TPSA) is 123 Å². The second-order valence-corrected chi connectivity index (χ2v) is 5.12. The first-order valence-corrected chi connectivity index (χ1v) is 6.98. The largest absolute Gasteiger partial charge is 0.399 e. The zero-order chi connectivity index (χ0) is 16.4. The second-order valence-electron chi connectivity index (χ2n) is 5.12. The monoisotopic (exact) mass is 308 g/mol. The Morgan fingerprint density at radius 1 is 1.22 bits per heavy atom. The number of H-pyrrole nitrogens is 1. The number of nitrogens with one attached hydrogen (secondary N) is 2. The number of aromatic amines is 1. The van der Waals surface area contributed by atoms with Crippen molar-refractivity contribution in [1.82, 2.24) is 15.2 Å². The number of anilines is 3. The quantitative estimate of drug-likeness (QED) is 0.550. The smallest absolute Gasteiger partial charge is 0.254 e. The van der Waals surface area contributed by atoms with Crippen LogP contribution in [0.3, 0.4) is 0 Å². The third-order valence-electron chi connectivity index (χ3n) is 3.36. The molecule has 2 heterocycles. The van der Waals surface area contributed by atoms with Gasteiger partial charge in [-0.2, -0.15) is 5.10 Å². The van der Waals surface area contributed by atoms with Gasteiger partial charge < -0.3 is 16.8 Å². The van der Waals surface area contributed by atoms with Crippen LogP contribution in [-0.4, -0.2) is 21.1 Å². The molecule has 2 aromatic heterocycles. The van der Waals surface area contributed by atoms with Gasteiger partial charge in [-0.05, 0) is 31.2 Å². The molecule has 0 bridgehead atoms. The standard InChI is InChI=1S/C16H16N6O/c1-9-8-12(6-7-19-9)20-16-13(15(18)23)14(21-22-16)10-2-4-11(17)5-3-10/h2-8H,17H2,1H3,(H2,18,23)(H2,19,20,21,22). The third-order valence-corrected chi connectivity index (χ3v) is 3.36. The van der Waals surface area contributed by atoms with Gasteiger partial charge >= 0.3 is 0 Å². The Hall–Kier alpha value is -3.35. The van der Waals surface area contributed by atoms with Gasteiger partial charge in [-0.25, -0.2) is 0 Å². The molecule has 3 rings (SSSR count). The fraction of sp³-hybridized carbons (Fsp3) is 0.0625. The molecular formula is C16H16N6O. The number of benzene rings is 1. The minimum absolute atomic E-state index is 0.296. The van der Waals surface area contributed by atoms with E-state index in [4.69, 9.17) is 11.5 Å². The van der Waals surface area contributed by atoms with Crippen LogP contribution in [0.2, 0.25) is 0 Å². The summed E-state index contributed by atoms with van der Waals surface area (Å²) >= 11 is 0. The number of amides is 1. The van der Waals surface area contributed by atoms with Crippen molar-refractivity contribution in [3.63, 3.8) is 0 Å². The highest BCUT2D eigenvalue weighted by Crippen LogP contribution is 2.28. The molecule has 0 aliphatic carbocycles. The van der Waals surface area contributed by atoms with Gasteiger partial charge in [0.05, 0.1) is 0 Å². The van der Waals surface area contributed by atoms with E-state index in [-0.39, 0.29) is 0 Å². The van der Waals surface area contributed by atoms with Gasteiger partial charge in [0.25, 0.3) is 5.91 Å². The highest BCUT2D eigenvalue weighted by atomic mass is 16.1. The number of hydrogen-bond donors (Lipinski definition) is 4. The lowest BCUT2D eigenvalue weighted by atomic mass is 10.1. The normalized spacial score (nSPS) is 10.5. The molecule has 0 aliphatic rings. The Bertz CT molecular complexity index is 853. The molecule has 7 nitrogen and oxygen atoms in total. The van der Waals surface area contributed by atoms with Gasteiger partial charge in [0.1, 0.15) is 17.1 Å². The summed E-state index contributed by atoms with van der Waals surface area (Å²) in [6, 6.07) is 10.7. The number of carbonyl (C=O) groups excluding carboxylic acids is 1. The van der Waals surface area contributed by atoms with Gasteiger partial charge in [0.2, 0.25) is 0 Å². The SMILES string of the molecule is Cc1cc(Nc2[nH]nc(-c3ccc(N)cc3)c2C(N)=O)ccn1. The summed E-state index contributed by atoms with van der Waals surface area (Å²) in [4.78, 5) is 16.0. The maximum absolute atomic E-state index is 11.9. The summed E-state index contributed by atoms with van der Waals surface area (Å²) in [7, 11) is 0. The molecule has 0 saturated heterocycles. The first-order valence-electron chi connectivity index (χ1n) is 6.98. The lowest BCUT2D eigenvalue weighted by molar-refractivity contribution is 0.100. The van der Waals surface area contributed by atoms with Crippen LogP contribution in [0, 0.1) is 6.92 Å². The summed E-state index contributed by atoms with van der Waals surface area (Å²) in [5.74, 6) is -0.131. The number of pyridine rings is 1. The molecule has 0 aliphatic heterocycles. The Morgan fingerprint density at radius 3 is 2.61 bits per heavy atom. The summed E-state index contributed by atoms with van der Waals surface area (Å²) in [6.45, 7) is 1.88. The van der Waals surface area contributed by atoms with Gasteiger partial charge in [0, 0.05) is 28.8 Å². The number of nitrogens with two attached hydrogens (primary N) is 2. The van der Waals surface area contributed by atoms with Crippen molar-refractivity contribution < 1.29 is 4.79 Å². The number of nitrogen functional groups attached to an aromatic ring is 1. The average Bonchev–Trinajstić information content (AvgIpc) is 2.92. The molecule has 0 fully saturated rings. The zero-order valence-corrected chi connectivity index (χ0v) is 12.5. The maximum Gasteiger partial charge on any atom is 0.254 e. The van der Waals surface area contributed by atoms with Crippen molar-refractivity contribution in [2.24, 2.45) is 5.73 Å². The lowest BCUT2D eigenvalue weighted by Gasteiger charge is -2.06. The van der Waals surface area contributed by atoms with Crippen LogP contribution >= 0.6 is 0 Å². The number of hydrogen-bond acceptors (Lipinski definition) is 5. The summed E-state index contributed by atoms with van der Waals surface area (Å²) in [6.07, 6.45) is 1.68. The highest BCUT2D eigenvalue weighted by Gasteiger charge is 2.19. The number of carbonyl (C=O) groups is 1. The van der Waals surface area contributed by atoms with E-state index in [0.717, 1.165) is 16.9 Å². The van der Waals surface area contributed by atoms with Crippen molar-refractivity contribution in [2.45, 2.75) is 6.92 Å². The van der Waals surface area contributed by atoms with Gasteiger partial charge in [-0.3, -0.25) is 14.9 Å². The number of aryl methyl sites for hydroxylation is 1. The van der Waals surface area contributed by atoms with E-state index in [1.807, 2.05) is 13.0 Å². The van der Waals surface area contributed by atoms with Crippen LogP contribution < -0.4 is 16.8 Å². The molecule has 7 heteroatoms. The van der Waals surface area contributed by atoms with E-state index in [2.05, 4.69) is 20.5 Å². The highest BCUT2D eigenvalue weighted by molar-refractivity contribution is 6.04. The predicted molar refractivity (Wildman–Crippen MR) is 89.2 cm³/mol.